The van der Waals surface area contributed by atoms with Crippen LogP contribution in [-0.2, 0) is 17.3 Å². The van der Waals surface area contributed by atoms with Crippen molar-refractivity contribution in [1.82, 2.24) is 34.4 Å². The fraction of sp³-hybridized carbons (Fsp3) is 0.484. The van der Waals surface area contributed by atoms with E-state index < -0.39 is 11.9 Å². The number of carbonyl (C=O) groups excluding carboxylic acids is 1. The van der Waals surface area contributed by atoms with Crippen molar-refractivity contribution in [3.8, 4) is 11.3 Å². The van der Waals surface area contributed by atoms with E-state index in [1.54, 1.807) is 22.7 Å². The van der Waals surface area contributed by atoms with Crippen molar-refractivity contribution in [3.63, 3.8) is 0 Å². The van der Waals surface area contributed by atoms with Crippen molar-refractivity contribution in [3.05, 3.63) is 59.8 Å². The van der Waals surface area contributed by atoms with Crippen molar-refractivity contribution >= 4 is 23.1 Å². The predicted octanol–water partition coefficient (Wildman–Crippen LogP) is 5.48. The Hall–Kier alpha value is -3.97. The zero-order valence-electron chi connectivity index (χ0n) is 24.7. The van der Waals surface area contributed by atoms with Gasteiger partial charge >= 0.3 is 6.18 Å². The Morgan fingerprint density at radius 3 is 2.66 bits per heavy atom. The average Bonchev–Trinajstić information content (AvgIpc) is 3.74. The number of aryl methyl sites for hydroxylation is 1. The quantitative estimate of drug-likeness (QED) is 0.205. The van der Waals surface area contributed by atoms with Gasteiger partial charge in [0.2, 0.25) is 0 Å². The lowest BCUT2D eigenvalue weighted by Crippen LogP contribution is -2.29. The molecule has 2 fully saturated rings. The zero-order valence-corrected chi connectivity index (χ0v) is 24.7. The fourth-order valence-corrected chi connectivity index (χ4v) is 5.79. The summed E-state index contributed by atoms with van der Waals surface area (Å²) in [6.45, 7) is 6.69. The highest BCUT2D eigenvalue weighted by atomic mass is 19.4. The molecule has 1 saturated carbocycles. The van der Waals surface area contributed by atoms with E-state index in [-0.39, 0.29) is 23.2 Å². The van der Waals surface area contributed by atoms with E-state index in [1.807, 2.05) is 13.0 Å². The van der Waals surface area contributed by atoms with E-state index >= 15 is 0 Å². The molecule has 1 aliphatic carbocycles. The van der Waals surface area contributed by atoms with Crippen molar-refractivity contribution in [2.45, 2.75) is 57.7 Å². The molecule has 2 N–H and O–H groups in total. The molecule has 1 amide bonds. The summed E-state index contributed by atoms with van der Waals surface area (Å²) >= 11 is 0. The Kier molecular flexibility index (Phi) is 8.85. The van der Waals surface area contributed by atoms with E-state index in [4.69, 9.17) is 4.74 Å². The van der Waals surface area contributed by atoms with Crippen LogP contribution in [0.3, 0.4) is 0 Å². The van der Waals surface area contributed by atoms with Crippen LogP contribution in [0.2, 0.25) is 0 Å². The maximum absolute atomic E-state index is 14.0. The Bertz CT molecular complexity index is 1610. The van der Waals surface area contributed by atoms with E-state index in [9.17, 15) is 18.0 Å². The van der Waals surface area contributed by atoms with E-state index in [0.717, 1.165) is 44.5 Å². The minimum atomic E-state index is -4.60. The second-order valence-electron chi connectivity index (χ2n) is 11.3. The number of rotatable bonds is 12. The summed E-state index contributed by atoms with van der Waals surface area (Å²) in [5.74, 6) is 0.210. The number of alkyl halides is 3. The van der Waals surface area contributed by atoms with Crippen LogP contribution in [0.25, 0.3) is 16.9 Å². The molecule has 0 bridgehead atoms. The number of imidazole rings is 1. The van der Waals surface area contributed by atoms with Gasteiger partial charge in [0, 0.05) is 42.9 Å². The number of carbonyl (C=O) groups is 1. The predicted molar refractivity (Wildman–Crippen MR) is 160 cm³/mol. The van der Waals surface area contributed by atoms with Crippen molar-refractivity contribution in [2.75, 3.05) is 44.7 Å². The SMILES string of the molecule is CCc1cc(Nc2nccn3c(-c4cn(C5CCC5)nc4C(F)(F)F)cnc23)ccc1C(=O)NCCOCCN1CCCC1. The van der Waals surface area contributed by atoms with Crippen molar-refractivity contribution in [1.29, 1.82) is 0 Å². The van der Waals surface area contributed by atoms with Gasteiger partial charge in [0.05, 0.1) is 36.7 Å². The van der Waals surface area contributed by atoms with Crippen LogP contribution in [0, 0.1) is 0 Å². The number of benzene rings is 1. The molecular weight excluding hydrogens is 573 g/mol. The molecule has 0 radical (unpaired) electrons. The highest BCUT2D eigenvalue weighted by Crippen LogP contribution is 2.40. The van der Waals surface area contributed by atoms with Crippen LogP contribution < -0.4 is 10.6 Å². The molecule has 0 spiro atoms. The minimum absolute atomic E-state index is 0.0151. The molecule has 13 heteroatoms. The number of nitrogens with one attached hydrogen (secondary N) is 2. The Labute approximate surface area is 253 Å². The van der Waals surface area contributed by atoms with Gasteiger partial charge in [0.1, 0.15) is 0 Å². The topological polar surface area (TPSA) is 102 Å². The fourth-order valence-electron chi connectivity index (χ4n) is 5.79. The maximum atomic E-state index is 14.0. The molecule has 1 saturated heterocycles. The molecule has 10 nitrogen and oxygen atoms in total. The van der Waals surface area contributed by atoms with Gasteiger partial charge in [-0.15, -0.1) is 0 Å². The van der Waals surface area contributed by atoms with Crippen molar-refractivity contribution < 1.29 is 22.7 Å². The van der Waals surface area contributed by atoms with Crippen LogP contribution in [0.15, 0.2) is 43.0 Å². The number of halogens is 3. The standard InChI is InChI=1S/C31H37F3N8O2/c1-2-21-18-22(8-9-24(21)30(43)36-11-16-44-17-15-40-12-3-4-13-40)38-28-29-37-19-26(41(29)14-10-35-28)25-20-42(23-6-5-7-23)39-27(25)31(32,33)34/h8-10,14,18-20,23H,2-7,11-13,15-17H2,1H3,(H,35,38)(H,36,43). The van der Waals surface area contributed by atoms with Gasteiger partial charge in [-0.2, -0.15) is 18.3 Å². The summed E-state index contributed by atoms with van der Waals surface area (Å²) in [6.07, 6.45) is 7.13. The first kappa shape index (κ1) is 30.1. The first-order chi connectivity index (χ1) is 21.3. The molecule has 2 aliphatic rings. The summed E-state index contributed by atoms with van der Waals surface area (Å²) in [7, 11) is 0. The zero-order chi connectivity index (χ0) is 30.7. The van der Waals surface area contributed by atoms with Gasteiger partial charge < -0.3 is 20.3 Å². The number of likely N-dealkylation sites (tertiary alicyclic amines) is 1. The molecule has 0 unspecified atom stereocenters. The molecule has 234 valence electrons. The number of hydrogen-bond donors (Lipinski definition) is 2. The summed E-state index contributed by atoms with van der Waals surface area (Å²) in [4.78, 5) is 24.1. The minimum Gasteiger partial charge on any atom is -0.378 e. The molecule has 44 heavy (non-hydrogen) atoms. The molecular formula is C31H37F3N8O2. The van der Waals surface area contributed by atoms with Crippen molar-refractivity contribution in [2.24, 2.45) is 0 Å². The highest BCUT2D eigenvalue weighted by molar-refractivity contribution is 5.96. The van der Waals surface area contributed by atoms with Gasteiger partial charge in [0.15, 0.2) is 17.2 Å². The molecule has 3 aromatic heterocycles. The largest absolute Gasteiger partial charge is 0.435 e. The first-order valence-corrected chi connectivity index (χ1v) is 15.3. The van der Waals surface area contributed by atoms with E-state index in [0.29, 0.717) is 48.9 Å². The second-order valence-corrected chi connectivity index (χ2v) is 11.3. The van der Waals surface area contributed by atoms with Gasteiger partial charge in [0.25, 0.3) is 5.91 Å². The third-order valence-electron chi connectivity index (χ3n) is 8.43. The number of hydrogen-bond acceptors (Lipinski definition) is 7. The number of anilines is 2. The molecule has 4 aromatic rings. The number of amides is 1. The summed E-state index contributed by atoms with van der Waals surface area (Å²) < 4.78 is 50.6. The highest BCUT2D eigenvalue weighted by Gasteiger charge is 2.39. The summed E-state index contributed by atoms with van der Waals surface area (Å²) in [5.41, 5.74) is 1.82. The lowest BCUT2D eigenvalue weighted by molar-refractivity contribution is -0.141. The molecule has 0 atom stereocenters. The summed E-state index contributed by atoms with van der Waals surface area (Å²) in [5, 5.41) is 10.1. The van der Waals surface area contributed by atoms with E-state index in [1.165, 1.54) is 36.1 Å². The smallest absolute Gasteiger partial charge is 0.378 e. The van der Waals surface area contributed by atoms with Gasteiger partial charge in [-0.05, 0) is 75.4 Å². The molecule has 6 rings (SSSR count). The monoisotopic (exact) mass is 610 g/mol. The van der Waals surface area contributed by atoms with Gasteiger partial charge in [-0.25, -0.2) is 9.97 Å². The molecule has 1 aliphatic heterocycles. The number of fused-ring (bicyclic) bond motifs is 1. The van der Waals surface area contributed by atoms with Gasteiger partial charge in [-0.1, -0.05) is 6.92 Å². The molecule has 1 aromatic carbocycles. The van der Waals surface area contributed by atoms with Crippen LogP contribution in [0.5, 0.6) is 0 Å². The van der Waals surface area contributed by atoms with Crippen LogP contribution in [0.1, 0.15) is 66.7 Å². The summed E-state index contributed by atoms with van der Waals surface area (Å²) in [6, 6.07) is 5.39. The number of aromatic nitrogens is 5. The van der Waals surface area contributed by atoms with Crippen LogP contribution in [0.4, 0.5) is 24.7 Å². The lowest BCUT2D eigenvalue weighted by atomic mass is 9.93. The normalized spacial score (nSPS) is 16.0. The average molecular weight is 611 g/mol. The Morgan fingerprint density at radius 2 is 1.93 bits per heavy atom. The van der Waals surface area contributed by atoms with Crippen LogP contribution >= 0.6 is 0 Å². The van der Waals surface area contributed by atoms with Gasteiger partial charge in [-0.3, -0.25) is 13.9 Å². The second kappa shape index (κ2) is 12.9. The molecule has 4 heterocycles. The third kappa shape index (κ3) is 6.43. The Morgan fingerprint density at radius 1 is 1.11 bits per heavy atom. The maximum Gasteiger partial charge on any atom is 0.435 e. The first-order valence-electron chi connectivity index (χ1n) is 15.3. The number of ether oxygens (including phenoxy) is 1. The third-order valence-corrected chi connectivity index (χ3v) is 8.43. The van der Waals surface area contributed by atoms with E-state index in [2.05, 4.69) is 30.6 Å². The number of nitrogens with zero attached hydrogens (tertiary/aromatic N) is 6. The Balaban J connectivity index is 1.14. The lowest BCUT2D eigenvalue weighted by Gasteiger charge is -2.25. The van der Waals surface area contributed by atoms with Crippen LogP contribution in [-0.4, -0.2) is 74.3 Å².